The number of imide groups is 1. The summed E-state index contributed by atoms with van der Waals surface area (Å²) >= 11 is 5.35. The van der Waals surface area contributed by atoms with Crippen LogP contribution in [0.4, 0.5) is 4.79 Å². The highest BCUT2D eigenvalue weighted by Gasteiger charge is 2.07. The minimum Gasteiger partial charge on any atom is -0.339 e. The van der Waals surface area contributed by atoms with Crippen LogP contribution in [0.15, 0.2) is 4.52 Å². The van der Waals surface area contributed by atoms with E-state index in [1.165, 1.54) is 0 Å². The van der Waals surface area contributed by atoms with Gasteiger partial charge in [-0.25, -0.2) is 4.79 Å². The molecule has 0 fully saturated rings. The molecule has 17 heavy (non-hydrogen) atoms. The highest BCUT2D eigenvalue weighted by Crippen LogP contribution is 1.95. The number of carbonyl (C=O) groups is 2. The predicted molar refractivity (Wildman–Crippen MR) is 59.6 cm³/mol. The monoisotopic (exact) mass is 260 g/mol. The molecule has 2 N–H and O–H groups in total. The zero-order chi connectivity index (χ0) is 12.7. The van der Waals surface area contributed by atoms with E-state index >= 15 is 0 Å². The summed E-state index contributed by atoms with van der Waals surface area (Å²) in [5, 5.41) is 8.22. The largest absolute Gasteiger partial charge is 0.339 e. The van der Waals surface area contributed by atoms with E-state index in [-0.39, 0.29) is 12.3 Å². The van der Waals surface area contributed by atoms with Crippen LogP contribution in [0.1, 0.15) is 18.1 Å². The molecule has 0 unspecified atom stereocenters. The van der Waals surface area contributed by atoms with Crippen molar-refractivity contribution in [1.82, 2.24) is 20.8 Å². The third-order valence-electron chi connectivity index (χ3n) is 1.77. The smallest absolute Gasteiger partial charge is 0.321 e. The van der Waals surface area contributed by atoms with Gasteiger partial charge in [-0.05, 0) is 6.92 Å². The zero-order valence-electron chi connectivity index (χ0n) is 9.33. The number of hydrogen-bond acceptors (Lipinski definition) is 5. The molecule has 8 heteroatoms. The number of nitrogens with one attached hydrogen (secondary N) is 2. The summed E-state index contributed by atoms with van der Waals surface area (Å²) in [5.41, 5.74) is 0. The van der Waals surface area contributed by atoms with Gasteiger partial charge in [-0.2, -0.15) is 4.98 Å². The van der Waals surface area contributed by atoms with Crippen LogP contribution in [0.3, 0.4) is 0 Å². The van der Waals surface area contributed by atoms with Crippen molar-refractivity contribution in [2.45, 2.75) is 19.8 Å². The molecular weight excluding hydrogens is 248 g/mol. The predicted octanol–water partition coefficient (Wildman–Crippen LogP) is 0.375. The van der Waals surface area contributed by atoms with E-state index < -0.39 is 11.9 Å². The molecular formula is C9H13ClN4O3. The normalized spacial score (nSPS) is 10.0. The second kappa shape index (κ2) is 6.85. The number of alkyl halides is 1. The highest BCUT2D eigenvalue weighted by molar-refractivity contribution is 6.19. The Morgan fingerprint density at radius 3 is 2.82 bits per heavy atom. The quantitative estimate of drug-likeness (QED) is 0.746. The molecule has 1 rings (SSSR count). The maximum Gasteiger partial charge on any atom is 0.321 e. The number of aromatic nitrogens is 2. The Morgan fingerprint density at radius 2 is 2.24 bits per heavy atom. The molecule has 0 spiro atoms. The van der Waals surface area contributed by atoms with E-state index in [0.717, 1.165) is 0 Å². The Balaban J connectivity index is 2.18. The van der Waals surface area contributed by atoms with Crippen LogP contribution in [-0.4, -0.2) is 34.5 Å². The fourth-order valence-corrected chi connectivity index (χ4v) is 1.22. The summed E-state index contributed by atoms with van der Waals surface area (Å²) in [6.07, 6.45) is 0.524. The number of urea groups is 1. The van der Waals surface area contributed by atoms with Gasteiger partial charge in [0.05, 0.1) is 0 Å². The lowest BCUT2D eigenvalue weighted by Crippen LogP contribution is -2.40. The van der Waals surface area contributed by atoms with Gasteiger partial charge in [0, 0.05) is 25.3 Å². The lowest BCUT2D eigenvalue weighted by atomic mass is 10.4. The molecule has 1 aromatic rings. The fraction of sp³-hybridized carbons (Fsp3) is 0.556. The number of rotatable bonds is 5. The van der Waals surface area contributed by atoms with E-state index in [0.29, 0.717) is 24.7 Å². The number of amides is 3. The van der Waals surface area contributed by atoms with E-state index in [1.807, 2.05) is 0 Å². The average molecular weight is 261 g/mol. The first-order valence-electron chi connectivity index (χ1n) is 5.04. The molecule has 0 aliphatic heterocycles. The van der Waals surface area contributed by atoms with Gasteiger partial charge in [0.25, 0.3) is 0 Å². The molecule has 3 amide bonds. The van der Waals surface area contributed by atoms with E-state index in [9.17, 15) is 9.59 Å². The van der Waals surface area contributed by atoms with Crippen molar-refractivity contribution in [3.8, 4) is 0 Å². The molecule has 1 aromatic heterocycles. The van der Waals surface area contributed by atoms with Gasteiger partial charge >= 0.3 is 6.03 Å². The van der Waals surface area contributed by atoms with E-state index in [2.05, 4.69) is 20.8 Å². The van der Waals surface area contributed by atoms with Gasteiger partial charge in [0.2, 0.25) is 11.8 Å². The number of nitrogens with zero attached hydrogens (tertiary/aromatic N) is 2. The fourth-order valence-electron chi connectivity index (χ4n) is 1.04. The third-order valence-corrected chi connectivity index (χ3v) is 1.96. The number of hydrogen-bond donors (Lipinski definition) is 2. The summed E-state index contributed by atoms with van der Waals surface area (Å²) in [5.74, 6) is 0.753. The summed E-state index contributed by atoms with van der Waals surface area (Å²) in [6, 6.07) is -0.559. The van der Waals surface area contributed by atoms with Gasteiger partial charge in [-0.3, -0.25) is 10.1 Å². The first kappa shape index (κ1) is 13.4. The Hall–Kier alpha value is -1.63. The molecule has 0 saturated heterocycles. The average Bonchev–Trinajstić information content (AvgIpc) is 2.64. The summed E-state index contributed by atoms with van der Waals surface area (Å²) in [7, 11) is 0. The third kappa shape index (κ3) is 5.30. The van der Waals surface area contributed by atoms with Crippen LogP contribution in [0.25, 0.3) is 0 Å². The molecule has 0 aromatic carbocycles. The Morgan fingerprint density at radius 1 is 1.47 bits per heavy atom. The van der Waals surface area contributed by atoms with E-state index in [4.69, 9.17) is 16.1 Å². The highest BCUT2D eigenvalue weighted by atomic mass is 35.5. The molecule has 0 saturated carbocycles. The molecule has 0 aliphatic carbocycles. The van der Waals surface area contributed by atoms with Gasteiger partial charge in [0.1, 0.15) is 0 Å². The Labute approximate surface area is 103 Å². The van der Waals surface area contributed by atoms with Crippen molar-refractivity contribution < 1.29 is 14.1 Å². The molecule has 0 radical (unpaired) electrons. The summed E-state index contributed by atoms with van der Waals surface area (Å²) < 4.78 is 4.85. The second-order valence-electron chi connectivity index (χ2n) is 3.23. The number of aryl methyl sites for hydroxylation is 1. The zero-order valence-corrected chi connectivity index (χ0v) is 10.1. The number of carbonyl (C=O) groups excluding carboxylic acids is 2. The van der Waals surface area contributed by atoms with Crippen molar-refractivity contribution in [3.05, 3.63) is 11.7 Å². The standard InChI is InChI=1S/C9H13ClN4O3/c1-6-12-8(17-14-6)3-5-11-9(16)13-7(15)2-4-10/h2-5H2,1H3,(H2,11,13,15,16). The molecule has 94 valence electrons. The topological polar surface area (TPSA) is 97.1 Å². The Kier molecular flexibility index (Phi) is 5.41. The van der Waals surface area contributed by atoms with Crippen molar-refractivity contribution >= 4 is 23.5 Å². The van der Waals surface area contributed by atoms with Crippen molar-refractivity contribution in [2.24, 2.45) is 0 Å². The van der Waals surface area contributed by atoms with Crippen molar-refractivity contribution in [3.63, 3.8) is 0 Å². The minimum atomic E-state index is -0.559. The maximum absolute atomic E-state index is 11.2. The van der Waals surface area contributed by atoms with Crippen LogP contribution in [0, 0.1) is 6.92 Å². The van der Waals surface area contributed by atoms with Gasteiger partial charge < -0.3 is 9.84 Å². The van der Waals surface area contributed by atoms with Crippen molar-refractivity contribution in [2.75, 3.05) is 12.4 Å². The Bertz CT molecular complexity index is 393. The van der Waals surface area contributed by atoms with Crippen LogP contribution in [0.2, 0.25) is 0 Å². The lowest BCUT2D eigenvalue weighted by molar-refractivity contribution is -0.119. The SMILES string of the molecule is Cc1noc(CCNC(=O)NC(=O)CCCl)n1. The number of halogens is 1. The summed E-state index contributed by atoms with van der Waals surface area (Å²) in [4.78, 5) is 26.1. The first-order valence-corrected chi connectivity index (χ1v) is 5.58. The molecule has 0 aliphatic rings. The molecule has 0 bridgehead atoms. The molecule has 0 atom stereocenters. The van der Waals surface area contributed by atoms with Crippen LogP contribution in [0.5, 0.6) is 0 Å². The van der Waals surface area contributed by atoms with Gasteiger partial charge in [-0.15, -0.1) is 11.6 Å². The maximum atomic E-state index is 11.2. The first-order chi connectivity index (χ1) is 8.11. The second-order valence-corrected chi connectivity index (χ2v) is 3.61. The van der Waals surface area contributed by atoms with Gasteiger partial charge in [-0.1, -0.05) is 5.16 Å². The van der Waals surface area contributed by atoms with Crippen LogP contribution in [-0.2, 0) is 11.2 Å². The van der Waals surface area contributed by atoms with Gasteiger partial charge in [0.15, 0.2) is 5.82 Å². The summed E-state index contributed by atoms with van der Waals surface area (Å²) in [6.45, 7) is 2.01. The lowest BCUT2D eigenvalue weighted by Gasteiger charge is -2.04. The van der Waals surface area contributed by atoms with E-state index in [1.54, 1.807) is 6.92 Å². The molecule has 7 nitrogen and oxygen atoms in total. The van der Waals surface area contributed by atoms with Crippen LogP contribution < -0.4 is 10.6 Å². The van der Waals surface area contributed by atoms with Crippen LogP contribution >= 0.6 is 11.6 Å². The molecule has 1 heterocycles. The van der Waals surface area contributed by atoms with Crippen molar-refractivity contribution in [1.29, 1.82) is 0 Å². The minimum absolute atomic E-state index is 0.109.